The molecule has 1 N–H and O–H groups in total. The van der Waals surface area contributed by atoms with Gasteiger partial charge >= 0.3 is 0 Å². The molecule has 1 fully saturated rings. The second-order valence-electron chi connectivity index (χ2n) is 5.06. The van der Waals surface area contributed by atoms with Crippen molar-refractivity contribution < 1.29 is 4.79 Å². The highest BCUT2D eigenvalue weighted by Crippen LogP contribution is 2.27. The lowest BCUT2D eigenvalue weighted by atomic mass is 9.81. The third-order valence-electron chi connectivity index (χ3n) is 3.79. The minimum Gasteiger partial charge on any atom is -0.316 e. The average Bonchev–Trinajstić information content (AvgIpc) is 2.71. The number of ketones is 1. The number of nitrogens with one attached hydrogen (secondary N) is 1. The van der Waals surface area contributed by atoms with Crippen molar-refractivity contribution >= 4 is 5.78 Å². The van der Waals surface area contributed by atoms with E-state index < -0.39 is 0 Å². The van der Waals surface area contributed by atoms with Crippen molar-refractivity contribution in [2.24, 2.45) is 17.8 Å². The summed E-state index contributed by atoms with van der Waals surface area (Å²) in [5.74, 6) is 1.98. The zero-order valence-corrected chi connectivity index (χ0v) is 9.54. The van der Waals surface area contributed by atoms with Crippen molar-refractivity contribution in [2.45, 2.75) is 32.6 Å². The van der Waals surface area contributed by atoms with Gasteiger partial charge in [0, 0.05) is 12.3 Å². The highest BCUT2D eigenvalue weighted by Gasteiger charge is 2.28. The number of carbonyl (C=O) groups is 1. The maximum atomic E-state index is 12.1. The zero-order valence-electron chi connectivity index (χ0n) is 9.54. The summed E-state index contributed by atoms with van der Waals surface area (Å²) in [6.07, 6.45) is 8.51. The molecule has 2 rings (SSSR count). The average molecular weight is 207 g/mol. The number of piperidine rings is 1. The van der Waals surface area contributed by atoms with Crippen molar-refractivity contribution in [3.8, 4) is 0 Å². The molecular weight excluding hydrogens is 186 g/mol. The normalized spacial score (nSPS) is 32.1. The van der Waals surface area contributed by atoms with Crippen LogP contribution in [-0.2, 0) is 4.79 Å². The van der Waals surface area contributed by atoms with Crippen LogP contribution in [0.25, 0.3) is 0 Å². The van der Waals surface area contributed by atoms with Crippen LogP contribution in [0.1, 0.15) is 32.6 Å². The number of hydrogen-bond acceptors (Lipinski definition) is 2. The van der Waals surface area contributed by atoms with Crippen LogP contribution >= 0.6 is 0 Å². The first-order valence-electron chi connectivity index (χ1n) is 6.16. The molecule has 84 valence electrons. The van der Waals surface area contributed by atoms with Crippen LogP contribution in [0.4, 0.5) is 0 Å². The highest BCUT2D eigenvalue weighted by atomic mass is 16.1. The van der Waals surface area contributed by atoms with E-state index >= 15 is 0 Å². The van der Waals surface area contributed by atoms with Crippen LogP contribution in [0.2, 0.25) is 0 Å². The van der Waals surface area contributed by atoms with Crippen molar-refractivity contribution in [1.29, 1.82) is 0 Å². The number of Topliss-reactive ketones (excluding diaryl/α,β-unsaturated/α-hetero) is 1. The first kappa shape index (κ1) is 10.9. The fourth-order valence-corrected chi connectivity index (χ4v) is 2.77. The van der Waals surface area contributed by atoms with Gasteiger partial charge in [-0.3, -0.25) is 4.79 Å². The monoisotopic (exact) mass is 207 g/mol. The van der Waals surface area contributed by atoms with Crippen LogP contribution in [-0.4, -0.2) is 18.9 Å². The zero-order chi connectivity index (χ0) is 10.7. The second kappa shape index (κ2) is 4.93. The smallest absolute Gasteiger partial charge is 0.136 e. The molecule has 1 saturated heterocycles. The van der Waals surface area contributed by atoms with Gasteiger partial charge in [0.15, 0.2) is 0 Å². The Labute approximate surface area is 92.1 Å². The molecule has 2 heteroatoms. The first-order chi connectivity index (χ1) is 7.27. The SMILES string of the molecule is CC1CNCCC1C(=O)CC1CC=CC1. The van der Waals surface area contributed by atoms with E-state index in [1.165, 1.54) is 0 Å². The molecule has 2 atom stereocenters. The summed E-state index contributed by atoms with van der Waals surface area (Å²) >= 11 is 0. The van der Waals surface area contributed by atoms with Gasteiger partial charge in [-0.25, -0.2) is 0 Å². The fourth-order valence-electron chi connectivity index (χ4n) is 2.77. The standard InChI is InChI=1S/C13H21NO/c1-10-9-14-7-6-12(10)13(15)8-11-4-2-3-5-11/h2-3,10-12,14H,4-9H2,1H3. The van der Waals surface area contributed by atoms with E-state index in [2.05, 4.69) is 24.4 Å². The molecule has 15 heavy (non-hydrogen) atoms. The van der Waals surface area contributed by atoms with E-state index in [9.17, 15) is 4.79 Å². The van der Waals surface area contributed by atoms with E-state index in [4.69, 9.17) is 0 Å². The molecule has 0 bridgehead atoms. The van der Waals surface area contributed by atoms with Crippen molar-refractivity contribution in [3.05, 3.63) is 12.2 Å². The summed E-state index contributed by atoms with van der Waals surface area (Å²) in [6, 6.07) is 0. The van der Waals surface area contributed by atoms with Crippen molar-refractivity contribution in [2.75, 3.05) is 13.1 Å². The molecule has 0 amide bonds. The molecule has 0 spiro atoms. The molecule has 2 nitrogen and oxygen atoms in total. The Bertz CT molecular complexity index is 251. The van der Waals surface area contributed by atoms with Crippen LogP contribution in [0, 0.1) is 17.8 Å². The number of allylic oxidation sites excluding steroid dienone is 2. The largest absolute Gasteiger partial charge is 0.316 e. The summed E-state index contributed by atoms with van der Waals surface area (Å²) < 4.78 is 0. The van der Waals surface area contributed by atoms with Gasteiger partial charge in [-0.05, 0) is 44.2 Å². The van der Waals surface area contributed by atoms with Crippen LogP contribution in [0.3, 0.4) is 0 Å². The summed E-state index contributed by atoms with van der Waals surface area (Å²) in [7, 11) is 0. The maximum Gasteiger partial charge on any atom is 0.136 e. The first-order valence-corrected chi connectivity index (χ1v) is 6.16. The number of hydrogen-bond donors (Lipinski definition) is 1. The van der Waals surface area contributed by atoms with Crippen LogP contribution < -0.4 is 5.32 Å². The minimum atomic E-state index is 0.326. The number of rotatable bonds is 3. The van der Waals surface area contributed by atoms with Gasteiger partial charge in [0.2, 0.25) is 0 Å². The van der Waals surface area contributed by atoms with Gasteiger partial charge < -0.3 is 5.32 Å². The topological polar surface area (TPSA) is 29.1 Å². The lowest BCUT2D eigenvalue weighted by Gasteiger charge is -2.29. The lowest BCUT2D eigenvalue weighted by Crippen LogP contribution is -2.39. The van der Waals surface area contributed by atoms with E-state index in [-0.39, 0.29) is 0 Å². The summed E-state index contributed by atoms with van der Waals surface area (Å²) in [5.41, 5.74) is 0. The second-order valence-corrected chi connectivity index (χ2v) is 5.06. The summed E-state index contributed by atoms with van der Waals surface area (Å²) in [5, 5.41) is 3.35. The maximum absolute atomic E-state index is 12.1. The molecule has 1 aliphatic carbocycles. The molecule has 0 aromatic heterocycles. The van der Waals surface area contributed by atoms with E-state index in [0.717, 1.165) is 38.8 Å². The van der Waals surface area contributed by atoms with Crippen LogP contribution in [0.5, 0.6) is 0 Å². The third kappa shape index (κ3) is 2.69. The van der Waals surface area contributed by atoms with Crippen molar-refractivity contribution in [3.63, 3.8) is 0 Å². The Hall–Kier alpha value is -0.630. The highest BCUT2D eigenvalue weighted by molar-refractivity contribution is 5.81. The molecule has 2 aliphatic rings. The number of carbonyl (C=O) groups excluding carboxylic acids is 1. The van der Waals surface area contributed by atoms with Crippen molar-refractivity contribution in [1.82, 2.24) is 5.32 Å². The van der Waals surface area contributed by atoms with Gasteiger partial charge in [-0.15, -0.1) is 0 Å². The van der Waals surface area contributed by atoms with Gasteiger partial charge in [0.1, 0.15) is 5.78 Å². The summed E-state index contributed by atoms with van der Waals surface area (Å²) in [4.78, 5) is 12.1. The van der Waals surface area contributed by atoms with E-state index in [0.29, 0.717) is 23.5 Å². The Kier molecular flexibility index (Phi) is 3.57. The summed E-state index contributed by atoms with van der Waals surface area (Å²) in [6.45, 7) is 4.23. The van der Waals surface area contributed by atoms with Gasteiger partial charge in [-0.1, -0.05) is 19.1 Å². The minimum absolute atomic E-state index is 0.326. The fraction of sp³-hybridized carbons (Fsp3) is 0.769. The molecule has 0 radical (unpaired) electrons. The van der Waals surface area contributed by atoms with Gasteiger partial charge in [0.25, 0.3) is 0 Å². The van der Waals surface area contributed by atoms with Crippen LogP contribution in [0.15, 0.2) is 12.2 Å². The molecule has 0 aromatic carbocycles. The Morgan fingerprint density at radius 1 is 1.40 bits per heavy atom. The van der Waals surface area contributed by atoms with Gasteiger partial charge in [-0.2, -0.15) is 0 Å². The Morgan fingerprint density at radius 2 is 2.13 bits per heavy atom. The third-order valence-corrected chi connectivity index (χ3v) is 3.79. The molecular formula is C13H21NO. The molecule has 2 unspecified atom stereocenters. The molecule has 0 aromatic rings. The lowest BCUT2D eigenvalue weighted by molar-refractivity contribution is -0.125. The van der Waals surface area contributed by atoms with Gasteiger partial charge in [0.05, 0.1) is 0 Å². The Balaban J connectivity index is 1.83. The van der Waals surface area contributed by atoms with E-state index in [1.807, 2.05) is 0 Å². The Morgan fingerprint density at radius 3 is 2.80 bits per heavy atom. The molecule has 1 heterocycles. The molecule has 1 aliphatic heterocycles. The van der Waals surface area contributed by atoms with E-state index in [1.54, 1.807) is 0 Å². The predicted molar refractivity (Wildman–Crippen MR) is 61.6 cm³/mol. The molecule has 0 saturated carbocycles. The quantitative estimate of drug-likeness (QED) is 0.718. The predicted octanol–water partition coefficient (Wildman–Crippen LogP) is 2.16.